The van der Waals surface area contributed by atoms with Gasteiger partial charge in [-0.15, -0.1) is 6.58 Å². The van der Waals surface area contributed by atoms with Crippen LogP contribution < -0.4 is 0 Å². The Kier molecular flexibility index (Phi) is 1.89. The third kappa shape index (κ3) is 1.24. The lowest BCUT2D eigenvalue weighted by molar-refractivity contribution is 0.677. The first-order valence-corrected chi connectivity index (χ1v) is 4.30. The van der Waals surface area contributed by atoms with Crippen LogP contribution in [0, 0.1) is 6.33 Å². The molecule has 65 valence electrons. The molecule has 0 aliphatic rings. The van der Waals surface area contributed by atoms with Crippen molar-refractivity contribution >= 4 is 11.0 Å². The van der Waals surface area contributed by atoms with Crippen LogP contribution >= 0.6 is 0 Å². The zero-order chi connectivity index (χ0) is 9.26. The molecular formula is C11H11N2. The van der Waals surface area contributed by atoms with Gasteiger partial charge < -0.3 is 4.57 Å². The van der Waals surface area contributed by atoms with Gasteiger partial charge in [-0.1, -0.05) is 18.2 Å². The standard InChI is InChI=1S/C11H11N2/c1-3-9(2)13-8-12-10-6-4-5-7-11(10)13/h3-7,9H,1H2,2H3. The molecule has 0 aliphatic heterocycles. The molecule has 1 heterocycles. The van der Waals surface area contributed by atoms with Gasteiger partial charge in [0.05, 0.1) is 17.1 Å². The van der Waals surface area contributed by atoms with Crippen molar-refractivity contribution in [2.75, 3.05) is 0 Å². The van der Waals surface area contributed by atoms with E-state index in [1.54, 1.807) is 0 Å². The fourth-order valence-electron chi connectivity index (χ4n) is 1.34. The molecule has 2 aromatic rings. The molecule has 0 amide bonds. The second-order valence-electron chi connectivity index (χ2n) is 3.05. The van der Waals surface area contributed by atoms with E-state index in [2.05, 4.69) is 24.8 Å². The fraction of sp³-hybridized carbons (Fsp3) is 0.182. The van der Waals surface area contributed by atoms with Gasteiger partial charge in [0, 0.05) is 0 Å². The predicted octanol–water partition coefficient (Wildman–Crippen LogP) is 2.58. The van der Waals surface area contributed by atoms with Gasteiger partial charge in [0.2, 0.25) is 0 Å². The lowest BCUT2D eigenvalue weighted by atomic mass is 10.3. The van der Waals surface area contributed by atoms with Gasteiger partial charge in [-0.25, -0.2) is 4.98 Å². The van der Waals surface area contributed by atoms with Crippen molar-refractivity contribution in [3.8, 4) is 0 Å². The number of nitrogens with zero attached hydrogens (tertiary/aromatic N) is 2. The molecule has 0 saturated carbocycles. The smallest absolute Gasteiger partial charge is 0.178 e. The summed E-state index contributed by atoms with van der Waals surface area (Å²) in [6.07, 6.45) is 4.84. The first-order valence-electron chi connectivity index (χ1n) is 4.30. The summed E-state index contributed by atoms with van der Waals surface area (Å²) in [5, 5.41) is 0. The number of imidazole rings is 1. The topological polar surface area (TPSA) is 17.8 Å². The van der Waals surface area contributed by atoms with Crippen molar-refractivity contribution in [3.63, 3.8) is 0 Å². The van der Waals surface area contributed by atoms with Crippen LogP contribution in [0.2, 0.25) is 0 Å². The van der Waals surface area contributed by atoms with Gasteiger partial charge in [0.1, 0.15) is 0 Å². The largest absolute Gasteiger partial charge is 0.315 e. The molecule has 1 atom stereocenters. The molecule has 0 N–H and O–H groups in total. The van der Waals surface area contributed by atoms with Gasteiger partial charge in [-0.05, 0) is 19.1 Å². The Morgan fingerprint density at radius 3 is 3.08 bits per heavy atom. The second-order valence-corrected chi connectivity index (χ2v) is 3.05. The molecule has 0 spiro atoms. The first-order chi connectivity index (χ1) is 6.33. The molecule has 0 fully saturated rings. The number of para-hydroxylation sites is 2. The van der Waals surface area contributed by atoms with E-state index in [1.807, 2.05) is 34.9 Å². The number of hydrogen-bond acceptors (Lipinski definition) is 1. The van der Waals surface area contributed by atoms with Gasteiger partial charge in [0.15, 0.2) is 6.33 Å². The average Bonchev–Trinajstić information content (AvgIpc) is 2.60. The quantitative estimate of drug-likeness (QED) is 0.635. The molecule has 13 heavy (non-hydrogen) atoms. The van der Waals surface area contributed by atoms with Gasteiger partial charge in [-0.2, -0.15) is 0 Å². The third-order valence-corrected chi connectivity index (χ3v) is 2.17. The van der Waals surface area contributed by atoms with E-state index in [1.165, 1.54) is 0 Å². The molecule has 2 heteroatoms. The molecule has 1 aromatic heterocycles. The highest BCUT2D eigenvalue weighted by molar-refractivity contribution is 5.75. The van der Waals surface area contributed by atoms with Crippen molar-refractivity contribution in [1.29, 1.82) is 0 Å². The normalized spacial score (nSPS) is 13.0. The van der Waals surface area contributed by atoms with Crippen LogP contribution in [0.25, 0.3) is 11.0 Å². The lowest BCUT2D eigenvalue weighted by Crippen LogP contribution is -1.99. The van der Waals surface area contributed by atoms with Crippen molar-refractivity contribution < 1.29 is 0 Å². The van der Waals surface area contributed by atoms with Crippen molar-refractivity contribution in [3.05, 3.63) is 43.2 Å². The Labute approximate surface area is 77.5 Å². The number of allylic oxidation sites excluding steroid dienone is 1. The minimum atomic E-state index is 0.243. The monoisotopic (exact) mass is 171 g/mol. The minimum Gasteiger partial charge on any atom is -0.315 e. The summed E-state index contributed by atoms with van der Waals surface area (Å²) in [5.41, 5.74) is 2.09. The van der Waals surface area contributed by atoms with E-state index in [-0.39, 0.29) is 6.04 Å². The van der Waals surface area contributed by atoms with Crippen LogP contribution in [-0.4, -0.2) is 9.55 Å². The van der Waals surface area contributed by atoms with Crippen LogP contribution in [-0.2, 0) is 0 Å². The molecule has 1 unspecified atom stereocenters. The second kappa shape index (κ2) is 3.05. The number of benzene rings is 1. The van der Waals surface area contributed by atoms with E-state index >= 15 is 0 Å². The summed E-state index contributed by atoms with van der Waals surface area (Å²) in [5.74, 6) is 0. The average molecular weight is 171 g/mol. The van der Waals surface area contributed by atoms with Crippen molar-refractivity contribution in [2.24, 2.45) is 0 Å². The van der Waals surface area contributed by atoms with Crippen LogP contribution in [0.5, 0.6) is 0 Å². The zero-order valence-electron chi connectivity index (χ0n) is 7.57. The maximum absolute atomic E-state index is 4.18. The minimum absolute atomic E-state index is 0.243. The molecule has 2 rings (SSSR count). The summed E-state index contributed by atoms with van der Waals surface area (Å²) in [6.45, 7) is 5.82. The zero-order valence-corrected chi connectivity index (χ0v) is 7.57. The SMILES string of the molecule is C=CC(C)n1[c]nc2ccccc21. The Morgan fingerprint density at radius 1 is 1.54 bits per heavy atom. The number of fused-ring (bicyclic) bond motifs is 1. The van der Waals surface area contributed by atoms with Gasteiger partial charge in [0.25, 0.3) is 0 Å². The number of rotatable bonds is 2. The fourth-order valence-corrected chi connectivity index (χ4v) is 1.34. The molecule has 0 aliphatic carbocycles. The summed E-state index contributed by atoms with van der Waals surface area (Å²) >= 11 is 0. The van der Waals surface area contributed by atoms with E-state index in [9.17, 15) is 0 Å². The third-order valence-electron chi connectivity index (χ3n) is 2.17. The Balaban J connectivity index is 2.64. The highest BCUT2D eigenvalue weighted by Gasteiger charge is 2.05. The molecule has 1 radical (unpaired) electrons. The van der Waals surface area contributed by atoms with E-state index < -0.39 is 0 Å². The Morgan fingerprint density at radius 2 is 2.31 bits per heavy atom. The predicted molar refractivity (Wildman–Crippen MR) is 53.5 cm³/mol. The van der Waals surface area contributed by atoms with Crippen molar-refractivity contribution in [2.45, 2.75) is 13.0 Å². The highest BCUT2D eigenvalue weighted by atomic mass is 15.1. The molecule has 0 bridgehead atoms. The Bertz CT molecular complexity index is 428. The van der Waals surface area contributed by atoms with E-state index in [4.69, 9.17) is 0 Å². The van der Waals surface area contributed by atoms with E-state index in [0.717, 1.165) is 11.0 Å². The summed E-state index contributed by atoms with van der Waals surface area (Å²) < 4.78 is 1.99. The van der Waals surface area contributed by atoms with Crippen LogP contribution in [0.4, 0.5) is 0 Å². The maximum atomic E-state index is 4.18. The number of hydrogen-bond donors (Lipinski definition) is 0. The highest BCUT2D eigenvalue weighted by Crippen LogP contribution is 2.16. The summed E-state index contributed by atoms with van der Waals surface area (Å²) in [4.78, 5) is 4.18. The van der Waals surface area contributed by atoms with Crippen LogP contribution in [0.15, 0.2) is 36.9 Å². The molecule has 0 saturated heterocycles. The first kappa shape index (κ1) is 8.05. The van der Waals surface area contributed by atoms with Crippen LogP contribution in [0.1, 0.15) is 13.0 Å². The molecular weight excluding hydrogens is 160 g/mol. The van der Waals surface area contributed by atoms with E-state index in [0.29, 0.717) is 0 Å². The maximum Gasteiger partial charge on any atom is 0.178 e. The summed E-state index contributed by atoms with van der Waals surface area (Å²) in [6, 6.07) is 8.25. The van der Waals surface area contributed by atoms with Gasteiger partial charge in [-0.3, -0.25) is 0 Å². The lowest BCUT2D eigenvalue weighted by Gasteiger charge is -2.07. The van der Waals surface area contributed by atoms with Crippen LogP contribution in [0.3, 0.4) is 0 Å². The van der Waals surface area contributed by atoms with Crippen molar-refractivity contribution in [1.82, 2.24) is 9.55 Å². The Hall–Kier alpha value is -1.57. The van der Waals surface area contributed by atoms with Gasteiger partial charge >= 0.3 is 0 Å². The number of aromatic nitrogens is 2. The molecule has 2 nitrogen and oxygen atoms in total. The molecule has 1 aromatic carbocycles. The summed E-state index contributed by atoms with van der Waals surface area (Å²) in [7, 11) is 0.